The predicted molar refractivity (Wildman–Crippen MR) is 80.3 cm³/mol. The molecule has 2 unspecified atom stereocenters. The fourth-order valence-electron chi connectivity index (χ4n) is 3.63. The molecule has 3 rings (SSSR count). The van der Waals surface area contributed by atoms with Crippen LogP contribution in [0.5, 0.6) is 5.75 Å². The summed E-state index contributed by atoms with van der Waals surface area (Å²) in [6.45, 7) is 1.80. The van der Waals surface area contributed by atoms with E-state index in [9.17, 15) is 4.79 Å². The van der Waals surface area contributed by atoms with E-state index in [1.165, 1.54) is 39.2 Å². The molecule has 0 radical (unpaired) electrons. The largest absolute Gasteiger partial charge is 0.478 e. The lowest BCUT2D eigenvalue weighted by atomic mass is 9.85. The van der Waals surface area contributed by atoms with Gasteiger partial charge in [0.25, 0.3) is 0 Å². The minimum atomic E-state index is -0.314. The van der Waals surface area contributed by atoms with E-state index in [0.29, 0.717) is 18.3 Å². The van der Waals surface area contributed by atoms with E-state index >= 15 is 0 Å². The van der Waals surface area contributed by atoms with E-state index in [1.807, 2.05) is 12.1 Å². The third-order valence-corrected chi connectivity index (χ3v) is 4.80. The Morgan fingerprint density at radius 2 is 1.95 bits per heavy atom. The van der Waals surface area contributed by atoms with Gasteiger partial charge in [0.1, 0.15) is 12.5 Å². The van der Waals surface area contributed by atoms with E-state index in [-0.39, 0.29) is 5.97 Å². The zero-order valence-corrected chi connectivity index (χ0v) is 12.6. The number of methoxy groups -OCH3 is 1. The van der Waals surface area contributed by atoms with Crippen molar-refractivity contribution in [1.82, 2.24) is 4.90 Å². The Kier molecular flexibility index (Phi) is 4.44. The van der Waals surface area contributed by atoms with E-state index in [2.05, 4.69) is 9.64 Å². The number of esters is 1. The molecule has 2 fully saturated rings. The highest BCUT2D eigenvalue weighted by Crippen LogP contribution is 2.35. The number of likely N-dealkylation sites (tertiary alicyclic amines) is 1. The Hall–Kier alpha value is -1.55. The van der Waals surface area contributed by atoms with Gasteiger partial charge in [0.2, 0.25) is 0 Å². The normalized spacial score (nSPS) is 25.4. The van der Waals surface area contributed by atoms with Gasteiger partial charge in [0.05, 0.1) is 12.7 Å². The molecule has 21 heavy (non-hydrogen) atoms. The van der Waals surface area contributed by atoms with Gasteiger partial charge >= 0.3 is 5.97 Å². The van der Waals surface area contributed by atoms with Gasteiger partial charge < -0.3 is 9.47 Å². The molecule has 1 aliphatic heterocycles. The maximum atomic E-state index is 11.4. The summed E-state index contributed by atoms with van der Waals surface area (Å²) in [4.78, 5) is 13.8. The number of nitrogens with zero attached hydrogens (tertiary/aromatic N) is 1. The van der Waals surface area contributed by atoms with Crippen LogP contribution in [0.2, 0.25) is 0 Å². The van der Waals surface area contributed by atoms with Crippen LogP contribution in [0, 0.1) is 5.92 Å². The maximum Gasteiger partial charge on any atom is 0.337 e. The van der Waals surface area contributed by atoms with E-state index in [1.54, 1.807) is 12.1 Å². The lowest BCUT2D eigenvalue weighted by molar-refractivity contribution is 0.0600. The summed E-state index contributed by atoms with van der Waals surface area (Å²) in [6, 6.07) is 7.87. The monoisotopic (exact) mass is 289 g/mol. The Morgan fingerprint density at radius 1 is 1.19 bits per heavy atom. The number of fused-ring (bicyclic) bond motifs is 1. The molecule has 114 valence electrons. The van der Waals surface area contributed by atoms with Crippen LogP contribution < -0.4 is 4.74 Å². The molecule has 4 nitrogen and oxygen atoms in total. The van der Waals surface area contributed by atoms with E-state index in [4.69, 9.17) is 4.74 Å². The summed E-state index contributed by atoms with van der Waals surface area (Å²) in [7, 11) is 1.39. The second-order valence-corrected chi connectivity index (χ2v) is 6.00. The molecule has 1 aromatic rings. The summed E-state index contributed by atoms with van der Waals surface area (Å²) in [5.41, 5.74) is 0.554. The van der Waals surface area contributed by atoms with Crippen LogP contribution in [-0.4, -0.2) is 37.3 Å². The van der Waals surface area contributed by atoms with Gasteiger partial charge in [-0.15, -0.1) is 0 Å². The molecule has 0 spiro atoms. The van der Waals surface area contributed by atoms with Crippen molar-refractivity contribution in [3.05, 3.63) is 29.8 Å². The maximum absolute atomic E-state index is 11.4. The van der Waals surface area contributed by atoms with Gasteiger partial charge in [-0.05, 0) is 49.4 Å². The Bertz CT molecular complexity index is 485. The first-order chi connectivity index (χ1) is 10.3. The van der Waals surface area contributed by atoms with Gasteiger partial charge in [-0.3, -0.25) is 4.90 Å². The van der Waals surface area contributed by atoms with Crippen molar-refractivity contribution in [3.8, 4) is 5.75 Å². The van der Waals surface area contributed by atoms with Crippen LogP contribution in [0.1, 0.15) is 42.5 Å². The molecule has 0 aromatic heterocycles. The smallest absolute Gasteiger partial charge is 0.337 e. The number of ether oxygens (including phenoxy) is 2. The van der Waals surface area contributed by atoms with E-state index < -0.39 is 0 Å². The third-order valence-electron chi connectivity index (χ3n) is 4.80. The molecule has 1 aromatic carbocycles. The highest BCUT2D eigenvalue weighted by molar-refractivity contribution is 5.89. The fraction of sp³-hybridized carbons (Fsp3) is 0.588. The average molecular weight is 289 g/mol. The van der Waals surface area contributed by atoms with Crippen LogP contribution in [-0.2, 0) is 4.74 Å². The molecule has 0 bridgehead atoms. The molecular weight excluding hydrogens is 266 g/mol. The second-order valence-electron chi connectivity index (χ2n) is 6.00. The average Bonchev–Trinajstić information content (AvgIpc) is 2.96. The summed E-state index contributed by atoms with van der Waals surface area (Å²) in [6.07, 6.45) is 6.76. The fourth-order valence-corrected chi connectivity index (χ4v) is 3.63. The first kappa shape index (κ1) is 14.4. The first-order valence-electron chi connectivity index (χ1n) is 7.83. The van der Waals surface area contributed by atoms with Gasteiger partial charge in [0.15, 0.2) is 0 Å². The number of carbonyl (C=O) groups excluding carboxylic acids is 1. The van der Waals surface area contributed by atoms with Gasteiger partial charge in [-0.1, -0.05) is 12.8 Å². The summed E-state index contributed by atoms with van der Waals surface area (Å²) < 4.78 is 10.6. The predicted octanol–water partition coefficient (Wildman–Crippen LogP) is 3.07. The van der Waals surface area contributed by atoms with Crippen LogP contribution in [0.3, 0.4) is 0 Å². The Balaban J connectivity index is 1.54. The van der Waals surface area contributed by atoms with Gasteiger partial charge in [-0.2, -0.15) is 0 Å². The summed E-state index contributed by atoms with van der Waals surface area (Å²) in [5, 5.41) is 0. The molecule has 1 aliphatic carbocycles. The highest BCUT2D eigenvalue weighted by atomic mass is 16.5. The molecule has 0 amide bonds. The zero-order valence-electron chi connectivity index (χ0n) is 12.6. The molecule has 1 saturated heterocycles. The van der Waals surface area contributed by atoms with Crippen molar-refractivity contribution in [2.24, 2.45) is 5.92 Å². The van der Waals surface area contributed by atoms with E-state index in [0.717, 1.165) is 18.2 Å². The number of rotatable bonds is 4. The van der Waals surface area contributed by atoms with Crippen molar-refractivity contribution in [2.75, 3.05) is 20.4 Å². The minimum Gasteiger partial charge on any atom is -0.478 e. The number of carbonyl (C=O) groups is 1. The van der Waals surface area contributed by atoms with Crippen molar-refractivity contribution >= 4 is 5.97 Å². The van der Waals surface area contributed by atoms with Crippen molar-refractivity contribution in [2.45, 2.75) is 38.1 Å². The Morgan fingerprint density at radius 3 is 2.71 bits per heavy atom. The van der Waals surface area contributed by atoms with Crippen molar-refractivity contribution in [3.63, 3.8) is 0 Å². The third kappa shape index (κ3) is 3.21. The first-order valence-corrected chi connectivity index (χ1v) is 7.83. The quantitative estimate of drug-likeness (QED) is 0.799. The van der Waals surface area contributed by atoms with Crippen LogP contribution >= 0.6 is 0 Å². The molecule has 1 saturated carbocycles. The van der Waals surface area contributed by atoms with Crippen LogP contribution in [0.4, 0.5) is 0 Å². The Labute approximate surface area is 126 Å². The molecular formula is C17H23NO3. The van der Waals surface area contributed by atoms with Crippen LogP contribution in [0.15, 0.2) is 24.3 Å². The second kappa shape index (κ2) is 6.48. The lowest BCUT2D eigenvalue weighted by Gasteiger charge is -2.31. The van der Waals surface area contributed by atoms with Crippen molar-refractivity contribution < 1.29 is 14.3 Å². The van der Waals surface area contributed by atoms with Gasteiger partial charge in [0, 0.05) is 12.6 Å². The number of benzene rings is 1. The standard InChI is InChI=1S/C17H23NO3/c1-20-17(19)14-6-8-15(9-7-14)21-12-18-11-10-13-4-2-3-5-16(13)18/h6-9,13,16H,2-5,10-12H2,1H3. The molecule has 2 atom stereocenters. The lowest BCUT2D eigenvalue weighted by Crippen LogP contribution is -2.37. The SMILES string of the molecule is COC(=O)c1ccc(OCN2CCC3CCCCC32)cc1. The zero-order chi connectivity index (χ0) is 14.7. The van der Waals surface area contributed by atoms with Crippen LogP contribution in [0.25, 0.3) is 0 Å². The topological polar surface area (TPSA) is 38.8 Å². The minimum absolute atomic E-state index is 0.314. The van der Waals surface area contributed by atoms with Gasteiger partial charge in [-0.25, -0.2) is 4.79 Å². The summed E-state index contributed by atoms with van der Waals surface area (Å²) >= 11 is 0. The number of hydrogen-bond acceptors (Lipinski definition) is 4. The number of hydrogen-bond donors (Lipinski definition) is 0. The summed E-state index contributed by atoms with van der Waals surface area (Å²) in [5.74, 6) is 1.37. The molecule has 4 heteroatoms. The highest BCUT2D eigenvalue weighted by Gasteiger charge is 2.35. The molecule has 1 heterocycles. The van der Waals surface area contributed by atoms with Crippen molar-refractivity contribution in [1.29, 1.82) is 0 Å². The molecule has 0 N–H and O–H groups in total. The molecule has 2 aliphatic rings.